The van der Waals surface area contributed by atoms with Gasteiger partial charge in [0.05, 0.1) is 6.04 Å². The van der Waals surface area contributed by atoms with Crippen LogP contribution < -0.4 is 10.6 Å². The minimum Gasteiger partial charge on any atom is -0.324 e. The normalized spacial score (nSPS) is 19.3. The quantitative estimate of drug-likeness (QED) is 0.882. The molecule has 98 valence electrons. The van der Waals surface area contributed by atoms with E-state index in [1.165, 1.54) is 0 Å². The Labute approximate surface area is 116 Å². The zero-order chi connectivity index (χ0) is 13.1. The van der Waals surface area contributed by atoms with Crippen molar-refractivity contribution in [3.8, 4) is 0 Å². The average molecular weight is 272 g/mol. The Bertz CT molecular complexity index is 588. The SMILES string of the molecule is O=C(Nc1cccc2ccccc12)C1CSCCN1. The average Bonchev–Trinajstić information content (AvgIpc) is 2.48. The Morgan fingerprint density at radius 2 is 2.05 bits per heavy atom. The second-order valence-electron chi connectivity index (χ2n) is 4.60. The van der Waals surface area contributed by atoms with Gasteiger partial charge in [-0.15, -0.1) is 0 Å². The van der Waals surface area contributed by atoms with Crippen molar-refractivity contribution in [3.05, 3.63) is 42.5 Å². The summed E-state index contributed by atoms with van der Waals surface area (Å²) in [6, 6.07) is 14.0. The van der Waals surface area contributed by atoms with E-state index in [0.717, 1.165) is 34.5 Å². The number of nitrogens with one attached hydrogen (secondary N) is 2. The number of hydrogen-bond acceptors (Lipinski definition) is 3. The van der Waals surface area contributed by atoms with Crippen molar-refractivity contribution >= 4 is 34.1 Å². The van der Waals surface area contributed by atoms with Crippen molar-refractivity contribution in [2.75, 3.05) is 23.4 Å². The first-order chi connectivity index (χ1) is 9.34. The molecular weight excluding hydrogens is 256 g/mol. The molecule has 2 aromatic carbocycles. The molecule has 0 aromatic heterocycles. The Balaban J connectivity index is 1.82. The number of anilines is 1. The number of carbonyl (C=O) groups excluding carboxylic acids is 1. The van der Waals surface area contributed by atoms with Crippen LogP contribution >= 0.6 is 11.8 Å². The van der Waals surface area contributed by atoms with Gasteiger partial charge in [0.2, 0.25) is 5.91 Å². The third kappa shape index (κ3) is 2.74. The fourth-order valence-corrected chi connectivity index (χ4v) is 3.22. The van der Waals surface area contributed by atoms with E-state index in [0.29, 0.717) is 0 Å². The molecule has 1 aliphatic heterocycles. The minimum absolute atomic E-state index is 0.0588. The van der Waals surface area contributed by atoms with Crippen LogP contribution in [0.4, 0.5) is 5.69 Å². The van der Waals surface area contributed by atoms with Crippen LogP contribution in [-0.2, 0) is 4.79 Å². The van der Waals surface area contributed by atoms with Gasteiger partial charge < -0.3 is 10.6 Å². The van der Waals surface area contributed by atoms with Gasteiger partial charge in [-0.25, -0.2) is 0 Å². The maximum absolute atomic E-state index is 12.2. The molecule has 1 heterocycles. The second-order valence-corrected chi connectivity index (χ2v) is 5.75. The zero-order valence-corrected chi connectivity index (χ0v) is 11.4. The van der Waals surface area contributed by atoms with E-state index >= 15 is 0 Å². The van der Waals surface area contributed by atoms with Gasteiger partial charge >= 0.3 is 0 Å². The lowest BCUT2D eigenvalue weighted by atomic mass is 10.1. The van der Waals surface area contributed by atoms with Crippen molar-refractivity contribution in [2.24, 2.45) is 0 Å². The maximum atomic E-state index is 12.2. The van der Waals surface area contributed by atoms with Crippen molar-refractivity contribution in [1.82, 2.24) is 5.32 Å². The summed E-state index contributed by atoms with van der Waals surface area (Å²) in [6.07, 6.45) is 0. The molecule has 1 saturated heterocycles. The molecular formula is C15H16N2OS. The van der Waals surface area contributed by atoms with Crippen LogP contribution in [0, 0.1) is 0 Å². The summed E-state index contributed by atoms with van der Waals surface area (Å²) in [7, 11) is 0. The monoisotopic (exact) mass is 272 g/mol. The van der Waals surface area contributed by atoms with Gasteiger partial charge in [-0.2, -0.15) is 11.8 Å². The predicted octanol–water partition coefficient (Wildman–Crippen LogP) is 2.48. The van der Waals surface area contributed by atoms with Gasteiger partial charge in [0.1, 0.15) is 0 Å². The molecule has 1 amide bonds. The number of rotatable bonds is 2. The van der Waals surface area contributed by atoms with Gasteiger partial charge in [0.15, 0.2) is 0 Å². The van der Waals surface area contributed by atoms with Crippen molar-refractivity contribution in [2.45, 2.75) is 6.04 Å². The van der Waals surface area contributed by atoms with Gasteiger partial charge in [0, 0.05) is 29.1 Å². The van der Waals surface area contributed by atoms with E-state index in [2.05, 4.69) is 22.8 Å². The molecule has 1 fully saturated rings. The molecule has 0 bridgehead atoms. The van der Waals surface area contributed by atoms with Crippen LogP contribution in [0.25, 0.3) is 10.8 Å². The first-order valence-electron chi connectivity index (χ1n) is 6.44. The van der Waals surface area contributed by atoms with E-state index in [9.17, 15) is 4.79 Å². The molecule has 0 saturated carbocycles. The van der Waals surface area contributed by atoms with E-state index in [4.69, 9.17) is 0 Å². The molecule has 1 atom stereocenters. The fraction of sp³-hybridized carbons (Fsp3) is 0.267. The number of fused-ring (bicyclic) bond motifs is 1. The number of hydrogen-bond donors (Lipinski definition) is 2. The molecule has 3 nitrogen and oxygen atoms in total. The molecule has 1 aliphatic rings. The van der Waals surface area contributed by atoms with E-state index < -0.39 is 0 Å². The van der Waals surface area contributed by atoms with Crippen molar-refractivity contribution in [3.63, 3.8) is 0 Å². The predicted molar refractivity (Wildman–Crippen MR) is 81.7 cm³/mol. The van der Waals surface area contributed by atoms with Crippen molar-refractivity contribution < 1.29 is 4.79 Å². The number of carbonyl (C=O) groups is 1. The third-order valence-corrected chi connectivity index (χ3v) is 4.35. The Morgan fingerprint density at radius 3 is 2.89 bits per heavy atom. The zero-order valence-electron chi connectivity index (χ0n) is 10.6. The molecule has 0 radical (unpaired) electrons. The smallest absolute Gasteiger partial charge is 0.242 e. The van der Waals surface area contributed by atoms with Crippen LogP contribution in [0.3, 0.4) is 0 Å². The first kappa shape index (κ1) is 12.5. The first-order valence-corrected chi connectivity index (χ1v) is 7.60. The van der Waals surface area contributed by atoms with Gasteiger partial charge in [-0.1, -0.05) is 36.4 Å². The molecule has 2 aromatic rings. The standard InChI is InChI=1S/C15H16N2OS/c18-15(14-10-19-9-8-16-14)17-13-7-3-5-11-4-1-2-6-12(11)13/h1-7,14,16H,8-10H2,(H,17,18). The van der Waals surface area contributed by atoms with Crippen LogP contribution in [0.5, 0.6) is 0 Å². The molecule has 2 N–H and O–H groups in total. The third-order valence-electron chi connectivity index (χ3n) is 3.29. The molecule has 1 unspecified atom stereocenters. The van der Waals surface area contributed by atoms with Gasteiger partial charge in [-0.05, 0) is 11.5 Å². The summed E-state index contributed by atoms with van der Waals surface area (Å²) < 4.78 is 0. The van der Waals surface area contributed by atoms with E-state index in [-0.39, 0.29) is 11.9 Å². The number of thioether (sulfide) groups is 1. The van der Waals surface area contributed by atoms with Gasteiger partial charge in [0.25, 0.3) is 0 Å². The number of amides is 1. The highest BCUT2D eigenvalue weighted by Gasteiger charge is 2.21. The summed E-state index contributed by atoms with van der Waals surface area (Å²) in [6.45, 7) is 0.901. The summed E-state index contributed by atoms with van der Waals surface area (Å²) in [5, 5.41) is 8.52. The van der Waals surface area contributed by atoms with Crippen LogP contribution in [-0.4, -0.2) is 30.0 Å². The van der Waals surface area contributed by atoms with Gasteiger partial charge in [-0.3, -0.25) is 4.79 Å². The molecule has 0 aliphatic carbocycles. The molecule has 0 spiro atoms. The molecule has 19 heavy (non-hydrogen) atoms. The topological polar surface area (TPSA) is 41.1 Å². The fourth-order valence-electron chi connectivity index (χ4n) is 2.29. The highest BCUT2D eigenvalue weighted by atomic mass is 32.2. The lowest BCUT2D eigenvalue weighted by Gasteiger charge is -2.22. The van der Waals surface area contributed by atoms with E-state index in [1.807, 2.05) is 42.1 Å². The highest BCUT2D eigenvalue weighted by Crippen LogP contribution is 2.23. The summed E-state index contributed by atoms with van der Waals surface area (Å²) in [5.74, 6) is 1.98. The summed E-state index contributed by atoms with van der Waals surface area (Å²) in [5.41, 5.74) is 0.889. The Morgan fingerprint density at radius 1 is 1.21 bits per heavy atom. The summed E-state index contributed by atoms with van der Waals surface area (Å²) >= 11 is 1.82. The molecule has 3 rings (SSSR count). The Kier molecular flexibility index (Phi) is 3.71. The summed E-state index contributed by atoms with van der Waals surface area (Å²) in [4.78, 5) is 12.2. The minimum atomic E-state index is -0.0854. The highest BCUT2D eigenvalue weighted by molar-refractivity contribution is 7.99. The van der Waals surface area contributed by atoms with Crippen molar-refractivity contribution in [1.29, 1.82) is 0 Å². The van der Waals surface area contributed by atoms with Crippen LogP contribution in [0.1, 0.15) is 0 Å². The second kappa shape index (κ2) is 5.63. The van der Waals surface area contributed by atoms with Crippen LogP contribution in [0.2, 0.25) is 0 Å². The lowest BCUT2D eigenvalue weighted by Crippen LogP contribution is -2.46. The van der Waals surface area contributed by atoms with Crippen LogP contribution in [0.15, 0.2) is 42.5 Å². The van der Waals surface area contributed by atoms with E-state index in [1.54, 1.807) is 0 Å². The Hall–Kier alpha value is -1.52. The number of benzene rings is 2. The molecule has 4 heteroatoms. The maximum Gasteiger partial charge on any atom is 0.242 e. The largest absolute Gasteiger partial charge is 0.324 e. The lowest BCUT2D eigenvalue weighted by molar-refractivity contribution is -0.117.